The van der Waals surface area contributed by atoms with E-state index in [0.717, 1.165) is 36.9 Å². The zero-order chi connectivity index (χ0) is 13.2. The third-order valence-electron chi connectivity index (χ3n) is 3.76. The Kier molecular flexibility index (Phi) is 3.68. The Bertz CT molecular complexity index is 451. The second kappa shape index (κ2) is 5.45. The lowest BCUT2D eigenvalue weighted by molar-refractivity contribution is -0.132. The van der Waals surface area contributed by atoms with Crippen LogP contribution in [-0.4, -0.2) is 39.3 Å². The molecule has 6 heteroatoms. The Morgan fingerprint density at radius 2 is 2.11 bits per heavy atom. The Balaban J connectivity index is 1.56. The summed E-state index contributed by atoms with van der Waals surface area (Å²) in [6, 6.07) is -0.210. The first kappa shape index (κ1) is 12.8. The van der Waals surface area contributed by atoms with E-state index in [1.54, 1.807) is 0 Å². The standard InChI is InChI=1S/C13H20N4OS/c1-9(12(18)17-7-3-2-4-8-17)14-13-15-11(16-19-13)10-5-6-10/h9-10H,2-8H2,1H3,(H,14,15,16). The highest BCUT2D eigenvalue weighted by Crippen LogP contribution is 2.39. The molecule has 104 valence electrons. The molecular formula is C13H20N4OS. The summed E-state index contributed by atoms with van der Waals surface area (Å²) in [6.07, 6.45) is 5.91. The van der Waals surface area contributed by atoms with Gasteiger partial charge in [-0.3, -0.25) is 4.79 Å². The minimum atomic E-state index is -0.210. The van der Waals surface area contributed by atoms with Crippen molar-refractivity contribution in [2.75, 3.05) is 18.4 Å². The number of hydrogen-bond donors (Lipinski definition) is 1. The summed E-state index contributed by atoms with van der Waals surface area (Å²) in [6.45, 7) is 3.71. The highest BCUT2D eigenvalue weighted by Gasteiger charge is 2.28. The van der Waals surface area contributed by atoms with Crippen molar-refractivity contribution in [3.63, 3.8) is 0 Å². The van der Waals surface area contributed by atoms with E-state index in [2.05, 4.69) is 14.7 Å². The molecule has 1 N–H and O–H groups in total. The zero-order valence-corrected chi connectivity index (χ0v) is 12.1. The van der Waals surface area contributed by atoms with Crippen molar-refractivity contribution >= 4 is 22.6 Å². The average molecular weight is 280 g/mol. The lowest BCUT2D eigenvalue weighted by atomic mass is 10.1. The first-order valence-corrected chi connectivity index (χ1v) is 7.90. The Hall–Kier alpha value is -1.17. The van der Waals surface area contributed by atoms with E-state index < -0.39 is 0 Å². The third kappa shape index (κ3) is 3.05. The van der Waals surface area contributed by atoms with Gasteiger partial charge < -0.3 is 10.2 Å². The van der Waals surface area contributed by atoms with E-state index in [-0.39, 0.29) is 11.9 Å². The maximum atomic E-state index is 12.3. The summed E-state index contributed by atoms with van der Waals surface area (Å²) in [7, 11) is 0. The fourth-order valence-corrected chi connectivity index (χ4v) is 3.17. The van der Waals surface area contributed by atoms with E-state index in [9.17, 15) is 4.79 Å². The van der Waals surface area contributed by atoms with Crippen molar-refractivity contribution in [2.24, 2.45) is 0 Å². The van der Waals surface area contributed by atoms with Crippen molar-refractivity contribution in [2.45, 2.75) is 51.0 Å². The van der Waals surface area contributed by atoms with Crippen molar-refractivity contribution in [1.82, 2.24) is 14.3 Å². The average Bonchev–Trinajstić information content (AvgIpc) is 3.20. The summed E-state index contributed by atoms with van der Waals surface area (Å²) >= 11 is 1.37. The quantitative estimate of drug-likeness (QED) is 0.919. The monoisotopic (exact) mass is 280 g/mol. The van der Waals surface area contributed by atoms with Crippen LogP contribution in [0.3, 0.4) is 0 Å². The summed E-state index contributed by atoms with van der Waals surface area (Å²) in [5, 5.41) is 3.97. The Morgan fingerprint density at radius 1 is 1.37 bits per heavy atom. The SMILES string of the molecule is CC(Nc1nc(C2CC2)ns1)C(=O)N1CCCCC1. The molecule has 1 atom stereocenters. The first-order chi connectivity index (χ1) is 9.24. The first-order valence-electron chi connectivity index (χ1n) is 7.13. The van der Waals surface area contributed by atoms with Crippen molar-refractivity contribution in [3.8, 4) is 0 Å². The third-order valence-corrected chi connectivity index (χ3v) is 4.42. The van der Waals surface area contributed by atoms with E-state index in [0.29, 0.717) is 5.92 Å². The van der Waals surface area contributed by atoms with E-state index in [1.165, 1.54) is 30.8 Å². The highest BCUT2D eigenvalue weighted by atomic mass is 32.1. The van der Waals surface area contributed by atoms with Crippen LogP contribution in [0.5, 0.6) is 0 Å². The molecule has 2 aliphatic rings. The van der Waals surface area contributed by atoms with Gasteiger partial charge in [0.15, 0.2) is 0 Å². The van der Waals surface area contributed by atoms with Crippen molar-refractivity contribution < 1.29 is 4.79 Å². The molecule has 3 rings (SSSR count). The molecule has 5 nitrogen and oxygen atoms in total. The molecule has 1 saturated carbocycles. The number of amides is 1. The minimum Gasteiger partial charge on any atom is -0.349 e. The van der Waals surface area contributed by atoms with Crippen LogP contribution in [0.15, 0.2) is 0 Å². The van der Waals surface area contributed by atoms with Gasteiger partial charge in [-0.1, -0.05) is 0 Å². The molecule has 0 bridgehead atoms. The molecule has 1 aromatic heterocycles. The second-order valence-corrected chi connectivity index (χ2v) is 6.24. The van der Waals surface area contributed by atoms with E-state index >= 15 is 0 Å². The van der Waals surface area contributed by atoms with Crippen LogP contribution in [0.25, 0.3) is 0 Å². The molecule has 2 heterocycles. The summed E-state index contributed by atoms with van der Waals surface area (Å²) < 4.78 is 4.35. The Morgan fingerprint density at radius 3 is 2.79 bits per heavy atom. The van der Waals surface area contributed by atoms with Gasteiger partial charge >= 0.3 is 0 Å². The molecule has 19 heavy (non-hydrogen) atoms. The normalized spacial score (nSPS) is 21.2. The van der Waals surface area contributed by atoms with Crippen LogP contribution in [0.1, 0.15) is 50.8 Å². The molecule has 1 aliphatic heterocycles. The predicted molar refractivity (Wildman–Crippen MR) is 75.4 cm³/mol. The fraction of sp³-hybridized carbons (Fsp3) is 0.769. The number of anilines is 1. The van der Waals surface area contributed by atoms with Gasteiger partial charge in [0, 0.05) is 30.5 Å². The number of nitrogens with zero attached hydrogens (tertiary/aromatic N) is 3. The van der Waals surface area contributed by atoms with Crippen LogP contribution >= 0.6 is 11.5 Å². The van der Waals surface area contributed by atoms with Crippen molar-refractivity contribution in [1.29, 1.82) is 0 Å². The minimum absolute atomic E-state index is 0.183. The van der Waals surface area contributed by atoms with Crippen LogP contribution in [-0.2, 0) is 4.79 Å². The summed E-state index contributed by atoms with van der Waals surface area (Å²) in [4.78, 5) is 18.7. The number of rotatable bonds is 4. The van der Waals surface area contributed by atoms with Crippen molar-refractivity contribution in [3.05, 3.63) is 5.82 Å². The predicted octanol–water partition coefficient (Wildman–Crippen LogP) is 2.23. The molecule has 1 aliphatic carbocycles. The van der Waals surface area contributed by atoms with Gasteiger partial charge in [-0.15, -0.1) is 0 Å². The van der Waals surface area contributed by atoms with Crippen LogP contribution < -0.4 is 5.32 Å². The maximum absolute atomic E-state index is 12.3. The molecule has 0 spiro atoms. The van der Waals surface area contributed by atoms with Crippen LogP contribution in [0.2, 0.25) is 0 Å². The van der Waals surface area contributed by atoms with Gasteiger partial charge in [-0.25, -0.2) is 4.98 Å². The molecular weight excluding hydrogens is 260 g/mol. The van der Waals surface area contributed by atoms with Gasteiger partial charge in [0.2, 0.25) is 11.0 Å². The number of carbonyl (C=O) groups excluding carboxylic acids is 1. The number of piperidine rings is 1. The smallest absolute Gasteiger partial charge is 0.244 e. The Labute approximate surface area is 117 Å². The van der Waals surface area contributed by atoms with Gasteiger partial charge in [0.25, 0.3) is 0 Å². The number of hydrogen-bond acceptors (Lipinski definition) is 5. The fourth-order valence-electron chi connectivity index (χ4n) is 2.44. The van der Waals surface area contributed by atoms with E-state index in [1.807, 2.05) is 11.8 Å². The largest absolute Gasteiger partial charge is 0.349 e. The molecule has 1 aromatic rings. The maximum Gasteiger partial charge on any atom is 0.244 e. The van der Waals surface area contributed by atoms with Crippen LogP contribution in [0.4, 0.5) is 5.13 Å². The lowest BCUT2D eigenvalue weighted by Gasteiger charge is -2.29. The van der Waals surface area contributed by atoms with Gasteiger partial charge in [-0.2, -0.15) is 4.37 Å². The molecule has 0 radical (unpaired) electrons. The lowest BCUT2D eigenvalue weighted by Crippen LogP contribution is -2.43. The number of nitrogens with one attached hydrogen (secondary N) is 1. The second-order valence-electron chi connectivity index (χ2n) is 5.48. The molecule has 0 aromatic carbocycles. The molecule has 1 unspecified atom stereocenters. The number of carbonyl (C=O) groups is 1. The molecule has 1 amide bonds. The summed E-state index contributed by atoms with van der Waals surface area (Å²) in [5.41, 5.74) is 0. The van der Waals surface area contributed by atoms with Crippen LogP contribution in [0, 0.1) is 0 Å². The van der Waals surface area contributed by atoms with Gasteiger partial charge in [-0.05, 0) is 39.0 Å². The summed E-state index contributed by atoms with van der Waals surface area (Å²) in [5.74, 6) is 1.70. The van der Waals surface area contributed by atoms with Gasteiger partial charge in [0.05, 0.1) is 0 Å². The number of aromatic nitrogens is 2. The van der Waals surface area contributed by atoms with E-state index in [4.69, 9.17) is 0 Å². The topological polar surface area (TPSA) is 58.1 Å². The molecule has 1 saturated heterocycles. The highest BCUT2D eigenvalue weighted by molar-refractivity contribution is 7.09. The zero-order valence-electron chi connectivity index (χ0n) is 11.3. The van der Waals surface area contributed by atoms with Gasteiger partial charge in [0.1, 0.15) is 11.9 Å². The molecule has 2 fully saturated rings. The number of likely N-dealkylation sites (tertiary alicyclic amines) is 1.